The lowest BCUT2D eigenvalue weighted by molar-refractivity contribution is -0.120. The van der Waals surface area contributed by atoms with E-state index in [1.807, 2.05) is 24.5 Å². The average Bonchev–Trinajstić information content (AvgIpc) is 3.06. The standard InChI is InChI=1S/C22H28N4OS/c1-16(2)15-26-20(24-25-22(26)28-3)9-6-12-23-21(27)14-17-10-11-18-7-4-5-8-19(18)13-17/h4-5,7-8,10-11,13,16H,6,9,12,14-15H2,1-3H3,(H,23,27). The van der Waals surface area contributed by atoms with E-state index in [4.69, 9.17) is 0 Å². The number of benzene rings is 2. The van der Waals surface area contributed by atoms with Crippen LogP contribution in [0.15, 0.2) is 47.6 Å². The molecule has 1 amide bonds. The molecule has 0 aliphatic carbocycles. The van der Waals surface area contributed by atoms with Crippen LogP contribution >= 0.6 is 11.8 Å². The minimum absolute atomic E-state index is 0.0590. The molecule has 6 heteroatoms. The second-order valence-corrected chi connectivity index (χ2v) is 8.19. The maximum absolute atomic E-state index is 12.3. The van der Waals surface area contributed by atoms with Gasteiger partial charge in [-0.1, -0.05) is 68.1 Å². The molecule has 1 heterocycles. The molecule has 5 nitrogen and oxygen atoms in total. The number of amides is 1. The third kappa shape index (κ3) is 5.35. The number of nitrogens with zero attached hydrogens (tertiary/aromatic N) is 3. The second kappa shape index (κ2) is 9.73. The van der Waals surface area contributed by atoms with Crippen molar-refractivity contribution in [2.45, 2.75) is 44.8 Å². The molecule has 0 unspecified atom stereocenters. The molecular formula is C22H28N4OS. The number of hydrogen-bond acceptors (Lipinski definition) is 4. The zero-order valence-corrected chi connectivity index (χ0v) is 17.6. The highest BCUT2D eigenvalue weighted by molar-refractivity contribution is 7.98. The van der Waals surface area contributed by atoms with Gasteiger partial charge in [-0.15, -0.1) is 10.2 Å². The summed E-state index contributed by atoms with van der Waals surface area (Å²) in [6.07, 6.45) is 4.10. The molecule has 1 aromatic heterocycles. The maximum atomic E-state index is 12.3. The lowest BCUT2D eigenvalue weighted by atomic mass is 10.0. The molecule has 0 radical (unpaired) electrons. The summed E-state index contributed by atoms with van der Waals surface area (Å²) < 4.78 is 2.20. The Kier molecular flexibility index (Phi) is 7.09. The summed E-state index contributed by atoms with van der Waals surface area (Å²) in [6.45, 7) is 5.96. The van der Waals surface area contributed by atoms with Crippen molar-refractivity contribution >= 4 is 28.4 Å². The molecule has 0 aliphatic heterocycles. The van der Waals surface area contributed by atoms with Crippen LogP contribution in [0.25, 0.3) is 10.8 Å². The molecule has 0 aliphatic rings. The van der Waals surface area contributed by atoms with Crippen molar-refractivity contribution in [3.63, 3.8) is 0 Å². The first-order valence-corrected chi connectivity index (χ1v) is 11.0. The Labute approximate surface area is 170 Å². The quantitative estimate of drug-likeness (QED) is 0.437. The lowest BCUT2D eigenvalue weighted by Gasteiger charge is -2.12. The van der Waals surface area contributed by atoms with Crippen LogP contribution in [0.3, 0.4) is 0 Å². The summed E-state index contributed by atoms with van der Waals surface area (Å²) in [5.74, 6) is 1.60. The van der Waals surface area contributed by atoms with Gasteiger partial charge >= 0.3 is 0 Å². The van der Waals surface area contributed by atoms with Crippen LogP contribution in [0.2, 0.25) is 0 Å². The summed E-state index contributed by atoms with van der Waals surface area (Å²) in [5, 5.41) is 15.0. The number of hydrogen-bond donors (Lipinski definition) is 1. The van der Waals surface area contributed by atoms with Gasteiger partial charge in [-0.25, -0.2) is 0 Å². The number of fused-ring (bicyclic) bond motifs is 1. The largest absolute Gasteiger partial charge is 0.356 e. The van der Waals surface area contributed by atoms with Crippen LogP contribution in [-0.2, 0) is 24.2 Å². The molecule has 3 aromatic rings. The van der Waals surface area contributed by atoms with Crippen LogP contribution < -0.4 is 5.32 Å². The van der Waals surface area contributed by atoms with E-state index in [-0.39, 0.29) is 5.91 Å². The summed E-state index contributed by atoms with van der Waals surface area (Å²) in [4.78, 5) is 12.3. The molecule has 3 rings (SSSR count). The molecule has 0 spiro atoms. The monoisotopic (exact) mass is 396 g/mol. The van der Waals surface area contributed by atoms with Crippen LogP contribution in [0, 0.1) is 5.92 Å². The molecule has 0 fully saturated rings. The Bertz CT molecular complexity index is 935. The Morgan fingerprint density at radius 3 is 2.68 bits per heavy atom. The third-order valence-corrected chi connectivity index (χ3v) is 5.27. The molecule has 0 atom stereocenters. The van der Waals surface area contributed by atoms with Gasteiger partial charge in [0.05, 0.1) is 6.42 Å². The first-order chi connectivity index (χ1) is 13.6. The first kappa shape index (κ1) is 20.4. The smallest absolute Gasteiger partial charge is 0.224 e. The predicted molar refractivity (Wildman–Crippen MR) is 116 cm³/mol. The SMILES string of the molecule is CSc1nnc(CCCNC(=O)Cc2ccc3ccccc3c2)n1CC(C)C. The highest BCUT2D eigenvalue weighted by atomic mass is 32.2. The number of thioether (sulfide) groups is 1. The summed E-state index contributed by atoms with van der Waals surface area (Å²) in [5.41, 5.74) is 1.04. The van der Waals surface area contributed by atoms with Gasteiger partial charge < -0.3 is 9.88 Å². The molecule has 0 bridgehead atoms. The van der Waals surface area contributed by atoms with Crippen molar-refractivity contribution in [2.75, 3.05) is 12.8 Å². The van der Waals surface area contributed by atoms with E-state index < -0.39 is 0 Å². The fraction of sp³-hybridized carbons (Fsp3) is 0.409. The zero-order chi connectivity index (χ0) is 19.9. The van der Waals surface area contributed by atoms with Gasteiger partial charge in [0, 0.05) is 19.5 Å². The molecule has 0 saturated heterocycles. The minimum atomic E-state index is 0.0590. The molecular weight excluding hydrogens is 368 g/mol. The molecule has 2 aromatic carbocycles. The fourth-order valence-electron chi connectivity index (χ4n) is 3.27. The number of aromatic nitrogens is 3. The Hall–Kier alpha value is -2.34. The van der Waals surface area contributed by atoms with Crippen LogP contribution in [0.5, 0.6) is 0 Å². The average molecular weight is 397 g/mol. The first-order valence-electron chi connectivity index (χ1n) is 9.77. The van der Waals surface area contributed by atoms with Crippen molar-refractivity contribution in [1.29, 1.82) is 0 Å². The summed E-state index contributed by atoms with van der Waals surface area (Å²) in [6, 6.07) is 14.4. The van der Waals surface area contributed by atoms with Crippen LogP contribution in [0.1, 0.15) is 31.7 Å². The number of nitrogens with one attached hydrogen (secondary N) is 1. The van der Waals surface area contributed by atoms with E-state index in [0.29, 0.717) is 18.9 Å². The van der Waals surface area contributed by atoms with Gasteiger partial charge in [0.15, 0.2) is 5.16 Å². The molecule has 1 N–H and O–H groups in total. The normalized spacial score (nSPS) is 11.3. The van der Waals surface area contributed by atoms with E-state index in [1.54, 1.807) is 11.8 Å². The fourth-order valence-corrected chi connectivity index (χ4v) is 3.80. The minimum Gasteiger partial charge on any atom is -0.356 e. The Morgan fingerprint density at radius 2 is 1.93 bits per heavy atom. The molecule has 0 saturated carbocycles. The van der Waals surface area contributed by atoms with Crippen molar-refractivity contribution in [3.05, 3.63) is 53.9 Å². The Balaban J connectivity index is 1.48. The van der Waals surface area contributed by atoms with E-state index in [1.165, 1.54) is 10.8 Å². The van der Waals surface area contributed by atoms with Gasteiger partial charge in [-0.3, -0.25) is 4.79 Å². The van der Waals surface area contributed by atoms with Gasteiger partial charge in [0.2, 0.25) is 5.91 Å². The molecule has 28 heavy (non-hydrogen) atoms. The number of carbonyl (C=O) groups is 1. The topological polar surface area (TPSA) is 59.8 Å². The highest BCUT2D eigenvalue weighted by Crippen LogP contribution is 2.17. The van der Waals surface area contributed by atoms with Crippen molar-refractivity contribution in [1.82, 2.24) is 20.1 Å². The number of carbonyl (C=O) groups excluding carboxylic acids is 1. The number of aryl methyl sites for hydroxylation is 1. The maximum Gasteiger partial charge on any atom is 0.224 e. The van der Waals surface area contributed by atoms with Crippen molar-refractivity contribution < 1.29 is 4.79 Å². The van der Waals surface area contributed by atoms with Crippen molar-refractivity contribution in [3.8, 4) is 0 Å². The molecule has 148 valence electrons. The van der Waals surface area contributed by atoms with Gasteiger partial charge in [0.1, 0.15) is 5.82 Å². The Morgan fingerprint density at radius 1 is 1.14 bits per heavy atom. The second-order valence-electron chi connectivity index (χ2n) is 7.42. The van der Waals surface area contributed by atoms with Crippen LogP contribution in [0.4, 0.5) is 0 Å². The zero-order valence-electron chi connectivity index (χ0n) is 16.8. The third-order valence-electron chi connectivity index (χ3n) is 4.60. The predicted octanol–water partition coefficient (Wildman–Crippen LogP) is 4.10. The highest BCUT2D eigenvalue weighted by Gasteiger charge is 2.12. The summed E-state index contributed by atoms with van der Waals surface area (Å²) in [7, 11) is 0. The van der Waals surface area contributed by atoms with Gasteiger partial charge in [0.25, 0.3) is 0 Å². The summed E-state index contributed by atoms with van der Waals surface area (Å²) >= 11 is 1.62. The van der Waals surface area contributed by atoms with Crippen molar-refractivity contribution in [2.24, 2.45) is 5.92 Å². The van der Waals surface area contributed by atoms with Crippen LogP contribution in [-0.4, -0.2) is 33.5 Å². The van der Waals surface area contributed by atoms with E-state index in [9.17, 15) is 4.79 Å². The number of rotatable bonds is 9. The lowest BCUT2D eigenvalue weighted by Crippen LogP contribution is -2.26. The van der Waals surface area contributed by atoms with E-state index in [0.717, 1.165) is 35.9 Å². The van der Waals surface area contributed by atoms with E-state index >= 15 is 0 Å². The van der Waals surface area contributed by atoms with E-state index in [2.05, 4.69) is 58.2 Å². The van der Waals surface area contributed by atoms with Gasteiger partial charge in [-0.2, -0.15) is 0 Å². The van der Waals surface area contributed by atoms with Gasteiger partial charge in [-0.05, 0) is 34.9 Å².